The fourth-order valence-electron chi connectivity index (χ4n) is 2.43. The lowest BCUT2D eigenvalue weighted by molar-refractivity contribution is -0.912. The molecule has 1 N–H and O–H groups in total. The molecule has 0 aromatic rings. The molecule has 1 heterocycles. The zero-order valence-corrected chi connectivity index (χ0v) is 11.1. The Balaban J connectivity index is 0.000000487. The van der Waals surface area contributed by atoms with Gasteiger partial charge in [0.2, 0.25) is 0 Å². The molecule has 3 heteroatoms. The molecule has 1 saturated heterocycles. The SMILES string of the molecule is CC(=O)[O-].CCCCC1CCC[NH+]1CCC. The molecule has 2 atom stereocenters. The maximum atomic E-state index is 8.89. The number of carboxylic acid groups (broad SMARTS) is 1. The van der Waals surface area contributed by atoms with E-state index in [2.05, 4.69) is 13.8 Å². The van der Waals surface area contributed by atoms with E-state index in [1.54, 1.807) is 0 Å². The lowest BCUT2D eigenvalue weighted by Gasteiger charge is -2.20. The van der Waals surface area contributed by atoms with Crippen LogP contribution in [0.5, 0.6) is 0 Å². The van der Waals surface area contributed by atoms with Crippen molar-refractivity contribution in [1.29, 1.82) is 0 Å². The summed E-state index contributed by atoms with van der Waals surface area (Å²) in [4.78, 5) is 10.8. The molecule has 0 spiro atoms. The van der Waals surface area contributed by atoms with Gasteiger partial charge in [-0.3, -0.25) is 0 Å². The molecule has 0 radical (unpaired) electrons. The van der Waals surface area contributed by atoms with Crippen molar-refractivity contribution in [1.82, 2.24) is 0 Å². The van der Waals surface area contributed by atoms with Gasteiger partial charge in [-0.25, -0.2) is 0 Å². The lowest BCUT2D eigenvalue weighted by atomic mass is 10.1. The molecule has 1 aliphatic heterocycles. The van der Waals surface area contributed by atoms with Crippen LogP contribution in [0.15, 0.2) is 0 Å². The Labute approximate surface area is 99.8 Å². The van der Waals surface area contributed by atoms with Crippen LogP contribution in [-0.2, 0) is 4.79 Å². The molecule has 0 amide bonds. The van der Waals surface area contributed by atoms with Crippen molar-refractivity contribution in [2.45, 2.75) is 65.3 Å². The minimum atomic E-state index is -1.08. The van der Waals surface area contributed by atoms with Crippen LogP contribution in [0.25, 0.3) is 0 Å². The molecule has 0 aromatic heterocycles. The van der Waals surface area contributed by atoms with Crippen LogP contribution in [0.1, 0.15) is 59.3 Å². The fourth-order valence-corrected chi connectivity index (χ4v) is 2.43. The second-order valence-corrected chi connectivity index (χ2v) is 4.63. The maximum absolute atomic E-state index is 8.89. The molecular weight excluding hydrogens is 202 g/mol. The lowest BCUT2D eigenvalue weighted by Crippen LogP contribution is -3.13. The van der Waals surface area contributed by atoms with E-state index >= 15 is 0 Å². The highest BCUT2D eigenvalue weighted by atomic mass is 16.4. The van der Waals surface area contributed by atoms with Crippen molar-refractivity contribution >= 4 is 5.97 Å². The van der Waals surface area contributed by atoms with Gasteiger partial charge in [-0.2, -0.15) is 0 Å². The van der Waals surface area contributed by atoms with E-state index in [0.29, 0.717) is 0 Å². The molecule has 0 aromatic carbocycles. The summed E-state index contributed by atoms with van der Waals surface area (Å²) >= 11 is 0. The molecule has 1 aliphatic rings. The van der Waals surface area contributed by atoms with Gasteiger partial charge in [-0.05, 0) is 26.2 Å². The van der Waals surface area contributed by atoms with Gasteiger partial charge in [0.1, 0.15) is 0 Å². The first-order valence-corrected chi connectivity index (χ1v) is 6.63. The summed E-state index contributed by atoms with van der Waals surface area (Å²) in [6.45, 7) is 8.44. The van der Waals surface area contributed by atoms with Crippen molar-refractivity contribution in [3.63, 3.8) is 0 Å². The van der Waals surface area contributed by atoms with Gasteiger partial charge < -0.3 is 14.8 Å². The number of hydrogen-bond donors (Lipinski definition) is 1. The van der Waals surface area contributed by atoms with Crippen molar-refractivity contribution in [2.24, 2.45) is 0 Å². The minimum absolute atomic E-state index is 0.972. The Morgan fingerprint density at radius 2 is 2.00 bits per heavy atom. The Morgan fingerprint density at radius 3 is 2.50 bits per heavy atom. The summed E-state index contributed by atoms with van der Waals surface area (Å²) in [7, 11) is 0. The molecular formula is C13H27NO2. The molecule has 0 aliphatic carbocycles. The van der Waals surface area contributed by atoms with Gasteiger partial charge >= 0.3 is 0 Å². The third-order valence-electron chi connectivity index (χ3n) is 3.11. The summed E-state index contributed by atoms with van der Waals surface area (Å²) in [5, 5.41) is 8.89. The number of unbranched alkanes of at least 4 members (excludes halogenated alkanes) is 1. The van der Waals surface area contributed by atoms with E-state index in [0.717, 1.165) is 13.0 Å². The predicted molar refractivity (Wildman–Crippen MR) is 64.2 cm³/mol. The Bertz CT molecular complexity index is 179. The van der Waals surface area contributed by atoms with Gasteiger partial charge in [0, 0.05) is 18.8 Å². The third kappa shape index (κ3) is 7.69. The van der Waals surface area contributed by atoms with Crippen molar-refractivity contribution < 1.29 is 14.8 Å². The number of likely N-dealkylation sites (tertiary alicyclic amines) is 1. The number of rotatable bonds is 5. The second kappa shape index (κ2) is 9.64. The van der Waals surface area contributed by atoms with Crippen LogP contribution < -0.4 is 10.0 Å². The van der Waals surface area contributed by atoms with Crippen LogP contribution in [-0.4, -0.2) is 25.1 Å². The van der Waals surface area contributed by atoms with E-state index in [1.165, 1.54) is 51.6 Å². The van der Waals surface area contributed by atoms with Gasteiger partial charge in [0.05, 0.1) is 19.1 Å². The van der Waals surface area contributed by atoms with Gasteiger partial charge in [-0.15, -0.1) is 0 Å². The number of quaternary nitrogens is 1. The largest absolute Gasteiger partial charge is 0.550 e. The number of carbonyl (C=O) groups excluding carboxylic acids is 1. The third-order valence-corrected chi connectivity index (χ3v) is 3.11. The molecule has 0 bridgehead atoms. The van der Waals surface area contributed by atoms with Crippen molar-refractivity contribution in [3.05, 3.63) is 0 Å². The van der Waals surface area contributed by atoms with Crippen molar-refractivity contribution in [3.8, 4) is 0 Å². The molecule has 1 fully saturated rings. The smallest absolute Gasteiger partial charge is 0.0876 e. The molecule has 96 valence electrons. The highest BCUT2D eigenvalue weighted by Gasteiger charge is 2.26. The van der Waals surface area contributed by atoms with E-state index in [9.17, 15) is 0 Å². The molecule has 1 rings (SSSR count). The maximum Gasteiger partial charge on any atom is 0.0876 e. The van der Waals surface area contributed by atoms with Crippen molar-refractivity contribution in [2.75, 3.05) is 13.1 Å². The zero-order valence-electron chi connectivity index (χ0n) is 11.1. The summed E-state index contributed by atoms with van der Waals surface area (Å²) in [6.07, 6.45) is 8.62. The summed E-state index contributed by atoms with van der Waals surface area (Å²) in [5.41, 5.74) is 0. The van der Waals surface area contributed by atoms with E-state index < -0.39 is 5.97 Å². The minimum Gasteiger partial charge on any atom is -0.550 e. The Kier molecular flexibility index (Phi) is 9.30. The van der Waals surface area contributed by atoms with Crippen LogP contribution in [0, 0.1) is 0 Å². The average molecular weight is 229 g/mol. The zero-order chi connectivity index (χ0) is 12.4. The highest BCUT2D eigenvalue weighted by Crippen LogP contribution is 2.07. The first-order valence-electron chi connectivity index (χ1n) is 6.63. The van der Waals surface area contributed by atoms with Gasteiger partial charge in [0.15, 0.2) is 0 Å². The second-order valence-electron chi connectivity index (χ2n) is 4.63. The van der Waals surface area contributed by atoms with Crippen LogP contribution in [0.3, 0.4) is 0 Å². The van der Waals surface area contributed by atoms with Gasteiger partial charge in [-0.1, -0.05) is 20.3 Å². The van der Waals surface area contributed by atoms with E-state index in [4.69, 9.17) is 9.90 Å². The van der Waals surface area contributed by atoms with E-state index in [1.807, 2.05) is 4.90 Å². The van der Waals surface area contributed by atoms with Crippen LogP contribution in [0.4, 0.5) is 0 Å². The van der Waals surface area contributed by atoms with Crippen LogP contribution >= 0.6 is 0 Å². The molecule has 0 saturated carbocycles. The normalized spacial score (nSPS) is 23.7. The average Bonchev–Trinajstić information content (AvgIpc) is 2.62. The first kappa shape index (κ1) is 15.4. The van der Waals surface area contributed by atoms with E-state index in [-0.39, 0.29) is 0 Å². The fraction of sp³-hybridized carbons (Fsp3) is 0.923. The summed E-state index contributed by atoms with van der Waals surface area (Å²) in [5.74, 6) is -1.08. The summed E-state index contributed by atoms with van der Waals surface area (Å²) < 4.78 is 0. The topological polar surface area (TPSA) is 44.6 Å². The molecule has 16 heavy (non-hydrogen) atoms. The highest BCUT2D eigenvalue weighted by molar-refractivity contribution is 5.60. The predicted octanol–water partition coefficient (Wildman–Crippen LogP) is 0.390. The Morgan fingerprint density at radius 1 is 1.38 bits per heavy atom. The number of carboxylic acids is 1. The number of nitrogens with one attached hydrogen (secondary N) is 1. The summed E-state index contributed by atoms with van der Waals surface area (Å²) in [6, 6.07) is 1.02. The van der Waals surface area contributed by atoms with Gasteiger partial charge in [0.25, 0.3) is 0 Å². The quantitative estimate of drug-likeness (QED) is 0.741. The number of aliphatic carboxylic acids is 1. The number of hydrogen-bond acceptors (Lipinski definition) is 2. The molecule has 3 nitrogen and oxygen atoms in total. The first-order chi connectivity index (χ1) is 7.61. The Hall–Kier alpha value is -0.570. The molecule has 2 unspecified atom stereocenters. The monoisotopic (exact) mass is 229 g/mol. The van der Waals surface area contributed by atoms with Crippen LogP contribution in [0.2, 0.25) is 0 Å². The standard InChI is InChI=1S/C11H23N.C2H4O2/c1-3-5-7-11-8-6-10-12(11)9-4-2;1-2(3)4/h11H,3-10H2,1-2H3;1H3,(H,3,4). The number of carbonyl (C=O) groups is 1.